The zero-order chi connectivity index (χ0) is 7.40. The van der Waals surface area contributed by atoms with Crippen molar-refractivity contribution in [1.82, 2.24) is 0 Å². The van der Waals surface area contributed by atoms with Gasteiger partial charge in [0.2, 0.25) is 0 Å². The van der Waals surface area contributed by atoms with E-state index >= 15 is 0 Å². The Morgan fingerprint density at radius 1 is 0.900 bits per heavy atom. The van der Waals surface area contributed by atoms with E-state index in [1.807, 2.05) is 0 Å². The Morgan fingerprint density at radius 3 is 1.70 bits per heavy atom. The Bertz CT molecular complexity index is 131. The minimum absolute atomic E-state index is 0.531. The molecular weight excluding hydrogens is 256 g/mol. The molecule has 0 aliphatic heterocycles. The zero-order valence-electron chi connectivity index (χ0n) is 5.63. The molecule has 2 atom stereocenters. The number of halogens is 2. The summed E-state index contributed by atoms with van der Waals surface area (Å²) >= 11 is 7.08. The lowest BCUT2D eigenvalue weighted by atomic mass is 10.1. The van der Waals surface area contributed by atoms with Gasteiger partial charge in [0.15, 0.2) is 0 Å². The second-order valence-electron chi connectivity index (χ2n) is 2.36. The quantitative estimate of drug-likeness (QED) is 0.465. The number of hydrogen-bond donors (Lipinski definition) is 0. The van der Waals surface area contributed by atoms with E-state index in [-0.39, 0.29) is 0 Å². The maximum Gasteiger partial charge on any atom is 0.0359 e. The average molecular weight is 266 g/mol. The summed E-state index contributed by atoms with van der Waals surface area (Å²) in [5.74, 6) is 0. The smallest absolute Gasteiger partial charge is 0.0359 e. The van der Waals surface area contributed by atoms with Crippen molar-refractivity contribution < 1.29 is 0 Å². The van der Waals surface area contributed by atoms with Crippen LogP contribution in [0.2, 0.25) is 0 Å². The molecule has 56 valence electrons. The normalized spacial score (nSPS) is 33.4. The van der Waals surface area contributed by atoms with E-state index in [4.69, 9.17) is 0 Å². The van der Waals surface area contributed by atoms with Gasteiger partial charge in [-0.15, -0.1) is 0 Å². The molecule has 1 aliphatic carbocycles. The fraction of sp³-hybridized carbons (Fsp3) is 0.500. The second-order valence-corrected chi connectivity index (χ2v) is 4.71. The summed E-state index contributed by atoms with van der Waals surface area (Å²) in [7, 11) is 0. The maximum absolute atomic E-state index is 3.54. The predicted molar refractivity (Wildman–Crippen MR) is 52.9 cm³/mol. The molecule has 0 aromatic carbocycles. The van der Waals surface area contributed by atoms with Crippen LogP contribution in [-0.4, -0.2) is 9.65 Å². The van der Waals surface area contributed by atoms with Crippen LogP contribution in [0, 0.1) is 0 Å². The van der Waals surface area contributed by atoms with Crippen LogP contribution >= 0.6 is 31.9 Å². The molecule has 10 heavy (non-hydrogen) atoms. The molecule has 0 spiro atoms. The molecule has 0 bridgehead atoms. The summed E-state index contributed by atoms with van der Waals surface area (Å²) in [5.41, 5.74) is 0. The van der Waals surface area contributed by atoms with Crippen LogP contribution in [0.1, 0.15) is 12.8 Å². The highest BCUT2D eigenvalue weighted by molar-refractivity contribution is 9.09. The molecule has 0 fully saturated rings. The first kappa shape index (κ1) is 8.54. The molecule has 0 radical (unpaired) electrons. The maximum atomic E-state index is 3.54. The average Bonchev–Trinajstić information content (AvgIpc) is 1.84. The van der Waals surface area contributed by atoms with E-state index in [0.717, 1.165) is 12.8 Å². The molecule has 0 unspecified atom stereocenters. The lowest BCUT2D eigenvalue weighted by Crippen LogP contribution is -1.97. The lowest BCUT2D eigenvalue weighted by Gasteiger charge is -2.05. The van der Waals surface area contributed by atoms with Gasteiger partial charge in [-0.05, 0) is 12.8 Å². The molecular formula is C8H10Br2. The summed E-state index contributed by atoms with van der Waals surface area (Å²) in [5, 5.41) is 0. The van der Waals surface area contributed by atoms with Gasteiger partial charge in [-0.25, -0.2) is 0 Å². The molecule has 2 heteroatoms. The van der Waals surface area contributed by atoms with Gasteiger partial charge in [-0.2, -0.15) is 0 Å². The van der Waals surface area contributed by atoms with Crippen LogP contribution in [0.25, 0.3) is 0 Å². The van der Waals surface area contributed by atoms with Crippen molar-refractivity contribution in [2.75, 3.05) is 0 Å². The van der Waals surface area contributed by atoms with Crippen molar-refractivity contribution in [2.24, 2.45) is 0 Å². The van der Waals surface area contributed by atoms with Crippen molar-refractivity contribution >= 4 is 31.9 Å². The van der Waals surface area contributed by atoms with E-state index in [1.54, 1.807) is 0 Å². The third-order valence-electron chi connectivity index (χ3n) is 1.41. The summed E-state index contributed by atoms with van der Waals surface area (Å²) < 4.78 is 0. The first-order valence-electron chi connectivity index (χ1n) is 3.40. The van der Waals surface area contributed by atoms with Gasteiger partial charge in [0.05, 0.1) is 0 Å². The van der Waals surface area contributed by atoms with Crippen molar-refractivity contribution in [3.63, 3.8) is 0 Å². The van der Waals surface area contributed by atoms with E-state index < -0.39 is 0 Å². The molecule has 0 heterocycles. The molecule has 1 aliphatic rings. The van der Waals surface area contributed by atoms with Crippen molar-refractivity contribution in [3.8, 4) is 0 Å². The third-order valence-corrected chi connectivity index (χ3v) is 2.77. The highest BCUT2D eigenvalue weighted by atomic mass is 79.9. The molecule has 0 amide bonds. The highest BCUT2D eigenvalue weighted by Crippen LogP contribution is 2.16. The number of hydrogen-bond acceptors (Lipinski definition) is 0. The van der Waals surface area contributed by atoms with E-state index in [2.05, 4.69) is 56.2 Å². The van der Waals surface area contributed by atoms with Crippen LogP contribution < -0.4 is 0 Å². The Balaban J connectivity index is 2.48. The van der Waals surface area contributed by atoms with Crippen molar-refractivity contribution in [3.05, 3.63) is 24.3 Å². The minimum atomic E-state index is 0.531. The third kappa shape index (κ3) is 3.02. The van der Waals surface area contributed by atoms with E-state index in [0.29, 0.717) is 9.65 Å². The van der Waals surface area contributed by atoms with Gasteiger partial charge in [0, 0.05) is 9.65 Å². The summed E-state index contributed by atoms with van der Waals surface area (Å²) in [6, 6.07) is 0. The van der Waals surface area contributed by atoms with Crippen LogP contribution in [0.5, 0.6) is 0 Å². The molecule has 0 aromatic rings. The largest absolute Gasteiger partial charge is 0.0860 e. The molecule has 0 saturated heterocycles. The van der Waals surface area contributed by atoms with Crippen LogP contribution in [0.3, 0.4) is 0 Å². The summed E-state index contributed by atoms with van der Waals surface area (Å²) in [6.45, 7) is 0. The standard InChI is InChI=1S/C8H10Br2/c9-7-3-1-4-8(10)6-2-5-7/h1-3,6-8H,4-5H2/t7-,8+/m0/s1. The fourth-order valence-electron chi connectivity index (χ4n) is 0.870. The number of rotatable bonds is 0. The first-order valence-corrected chi connectivity index (χ1v) is 5.23. The predicted octanol–water partition coefficient (Wildman–Crippen LogP) is 3.42. The first-order chi connectivity index (χ1) is 4.79. The van der Waals surface area contributed by atoms with E-state index in [9.17, 15) is 0 Å². The minimum Gasteiger partial charge on any atom is -0.0860 e. The van der Waals surface area contributed by atoms with Crippen LogP contribution in [-0.2, 0) is 0 Å². The van der Waals surface area contributed by atoms with Crippen molar-refractivity contribution in [2.45, 2.75) is 22.5 Å². The monoisotopic (exact) mass is 264 g/mol. The van der Waals surface area contributed by atoms with Gasteiger partial charge < -0.3 is 0 Å². The molecule has 1 rings (SSSR count). The van der Waals surface area contributed by atoms with Crippen LogP contribution in [0.4, 0.5) is 0 Å². The van der Waals surface area contributed by atoms with Crippen molar-refractivity contribution in [1.29, 1.82) is 0 Å². The van der Waals surface area contributed by atoms with Gasteiger partial charge >= 0.3 is 0 Å². The van der Waals surface area contributed by atoms with Gasteiger partial charge in [-0.3, -0.25) is 0 Å². The second kappa shape index (κ2) is 4.35. The number of allylic oxidation sites excluding steroid dienone is 4. The Morgan fingerprint density at radius 2 is 1.30 bits per heavy atom. The Kier molecular flexibility index (Phi) is 3.71. The Labute approximate surface area is 78.6 Å². The summed E-state index contributed by atoms with van der Waals surface area (Å²) in [4.78, 5) is 1.06. The SMILES string of the molecule is Br[C@H]1C=CC[C@@H](Br)C=CC1. The molecule has 0 nitrogen and oxygen atoms in total. The number of alkyl halides is 2. The topological polar surface area (TPSA) is 0 Å². The fourth-order valence-corrected chi connectivity index (χ4v) is 1.73. The summed E-state index contributed by atoms with van der Waals surface area (Å²) in [6.07, 6.45) is 11.0. The molecule has 0 aromatic heterocycles. The van der Waals surface area contributed by atoms with E-state index in [1.165, 1.54) is 0 Å². The highest BCUT2D eigenvalue weighted by Gasteiger charge is 2.01. The molecule has 0 N–H and O–H groups in total. The molecule has 0 saturated carbocycles. The van der Waals surface area contributed by atoms with Gasteiger partial charge in [0.1, 0.15) is 0 Å². The van der Waals surface area contributed by atoms with Gasteiger partial charge in [-0.1, -0.05) is 56.2 Å². The Hall–Kier alpha value is 0.440. The zero-order valence-corrected chi connectivity index (χ0v) is 8.81. The van der Waals surface area contributed by atoms with Gasteiger partial charge in [0.25, 0.3) is 0 Å². The lowest BCUT2D eigenvalue weighted by molar-refractivity contribution is 1.00. The van der Waals surface area contributed by atoms with Crippen LogP contribution in [0.15, 0.2) is 24.3 Å².